The van der Waals surface area contributed by atoms with Gasteiger partial charge in [0.25, 0.3) is 0 Å². The molecule has 1 heterocycles. The van der Waals surface area contributed by atoms with Crippen molar-refractivity contribution in [1.82, 2.24) is 4.90 Å². The van der Waals surface area contributed by atoms with Crippen LogP contribution in [0.3, 0.4) is 0 Å². The summed E-state index contributed by atoms with van der Waals surface area (Å²) in [6, 6.07) is -0.858. The summed E-state index contributed by atoms with van der Waals surface area (Å²) in [5.74, 6) is -1.31. The molecule has 1 aliphatic carbocycles. The number of aliphatic hydroxyl groups is 1. The number of aliphatic carboxylic acids is 1. The Balaban J connectivity index is 2.06. The number of β-amino-alcohol motifs (C(OH)–C–C–N with tert-alkyl or cyclic N) is 1. The lowest BCUT2D eigenvalue weighted by molar-refractivity contribution is -0.149. The van der Waals surface area contributed by atoms with Gasteiger partial charge in [-0.15, -0.1) is 0 Å². The summed E-state index contributed by atoms with van der Waals surface area (Å²) in [6.07, 6.45) is 4.66. The lowest BCUT2D eigenvalue weighted by Crippen LogP contribution is -2.43. The third-order valence-corrected chi connectivity index (χ3v) is 3.20. The summed E-state index contributed by atoms with van der Waals surface area (Å²) in [5, 5.41) is 18.4. The molecule has 0 radical (unpaired) electrons. The maximum atomic E-state index is 12.0. The highest BCUT2D eigenvalue weighted by molar-refractivity contribution is 5.86. The van der Waals surface area contributed by atoms with E-state index in [-0.39, 0.29) is 24.8 Å². The number of amides is 1. The van der Waals surface area contributed by atoms with Crippen LogP contribution in [0.2, 0.25) is 0 Å². The molecule has 1 amide bonds. The highest BCUT2D eigenvalue weighted by Crippen LogP contribution is 2.26. The third kappa shape index (κ3) is 1.95. The minimum absolute atomic E-state index is 0.132. The minimum Gasteiger partial charge on any atom is -0.480 e. The van der Waals surface area contributed by atoms with Gasteiger partial charge in [0.05, 0.1) is 6.10 Å². The molecular weight excluding hydrogens is 210 g/mol. The third-order valence-electron chi connectivity index (χ3n) is 3.20. The second kappa shape index (κ2) is 4.25. The molecule has 0 aromatic rings. The lowest BCUT2D eigenvalue weighted by Gasteiger charge is -2.24. The molecule has 2 aliphatic rings. The number of aliphatic hydroxyl groups excluding tert-OH is 1. The van der Waals surface area contributed by atoms with Crippen molar-refractivity contribution in [3.05, 3.63) is 12.2 Å². The van der Waals surface area contributed by atoms with Crippen molar-refractivity contribution in [3.63, 3.8) is 0 Å². The summed E-state index contributed by atoms with van der Waals surface area (Å²) >= 11 is 0. The van der Waals surface area contributed by atoms with Gasteiger partial charge in [-0.1, -0.05) is 12.2 Å². The van der Waals surface area contributed by atoms with Crippen molar-refractivity contribution < 1.29 is 19.8 Å². The van der Waals surface area contributed by atoms with Gasteiger partial charge in [0.2, 0.25) is 5.91 Å². The van der Waals surface area contributed by atoms with Crippen LogP contribution in [0, 0.1) is 5.92 Å². The highest BCUT2D eigenvalue weighted by atomic mass is 16.4. The number of carbonyl (C=O) groups is 2. The number of rotatable bonds is 2. The van der Waals surface area contributed by atoms with Crippen LogP contribution in [0.15, 0.2) is 12.2 Å². The Labute approximate surface area is 93.4 Å². The molecule has 16 heavy (non-hydrogen) atoms. The number of hydrogen-bond acceptors (Lipinski definition) is 3. The van der Waals surface area contributed by atoms with E-state index < -0.39 is 18.1 Å². The molecule has 1 aliphatic heterocycles. The van der Waals surface area contributed by atoms with Crippen molar-refractivity contribution in [1.29, 1.82) is 0 Å². The molecule has 0 bridgehead atoms. The first-order chi connectivity index (χ1) is 7.59. The highest BCUT2D eigenvalue weighted by Gasteiger charge is 2.40. The van der Waals surface area contributed by atoms with Crippen molar-refractivity contribution >= 4 is 11.9 Å². The summed E-state index contributed by atoms with van der Waals surface area (Å²) in [5.41, 5.74) is 0. The van der Waals surface area contributed by atoms with E-state index in [2.05, 4.69) is 0 Å². The largest absolute Gasteiger partial charge is 0.480 e. The molecule has 1 saturated heterocycles. The summed E-state index contributed by atoms with van der Waals surface area (Å²) in [7, 11) is 0. The first kappa shape index (κ1) is 11.1. The quantitative estimate of drug-likeness (QED) is 0.648. The van der Waals surface area contributed by atoms with Gasteiger partial charge in [-0.3, -0.25) is 4.79 Å². The van der Waals surface area contributed by atoms with Crippen LogP contribution in [0.4, 0.5) is 0 Å². The fourth-order valence-electron chi connectivity index (χ4n) is 2.34. The Bertz CT molecular complexity index is 331. The van der Waals surface area contributed by atoms with Crippen molar-refractivity contribution in [2.75, 3.05) is 6.54 Å². The van der Waals surface area contributed by atoms with Crippen LogP contribution >= 0.6 is 0 Å². The van der Waals surface area contributed by atoms with Crippen molar-refractivity contribution in [2.24, 2.45) is 5.92 Å². The number of hydrogen-bond donors (Lipinski definition) is 2. The number of allylic oxidation sites excluding steroid dienone is 2. The molecule has 0 aromatic heterocycles. The van der Waals surface area contributed by atoms with Crippen LogP contribution in [0.25, 0.3) is 0 Å². The molecule has 2 rings (SSSR count). The number of likely N-dealkylation sites (tertiary alicyclic amines) is 1. The van der Waals surface area contributed by atoms with Gasteiger partial charge in [0, 0.05) is 18.9 Å². The number of carboxylic acids is 1. The monoisotopic (exact) mass is 225 g/mol. The SMILES string of the molecule is O=C(O)[C@H]1C[C@@H](O)CN1C(=O)C1CC=CC1. The van der Waals surface area contributed by atoms with Crippen molar-refractivity contribution in [3.8, 4) is 0 Å². The normalized spacial score (nSPS) is 29.9. The van der Waals surface area contributed by atoms with E-state index in [0.717, 1.165) is 0 Å². The van der Waals surface area contributed by atoms with Gasteiger partial charge in [0.1, 0.15) is 6.04 Å². The molecule has 1 fully saturated rings. The van der Waals surface area contributed by atoms with Crippen molar-refractivity contribution in [2.45, 2.75) is 31.4 Å². The zero-order valence-electron chi connectivity index (χ0n) is 8.87. The van der Waals surface area contributed by atoms with Crippen LogP contribution in [0.5, 0.6) is 0 Å². The molecule has 0 spiro atoms. The molecule has 5 nitrogen and oxygen atoms in total. The standard InChI is InChI=1S/C11H15NO4/c13-8-5-9(11(15)16)12(6-8)10(14)7-3-1-2-4-7/h1-2,7-9,13H,3-6H2,(H,15,16)/t8-,9-/m1/s1. The van der Waals surface area contributed by atoms with Gasteiger partial charge in [-0.05, 0) is 12.8 Å². The van der Waals surface area contributed by atoms with E-state index in [1.54, 1.807) is 0 Å². The number of nitrogens with zero attached hydrogens (tertiary/aromatic N) is 1. The minimum atomic E-state index is -1.03. The topological polar surface area (TPSA) is 77.8 Å². The van der Waals surface area contributed by atoms with Gasteiger partial charge >= 0.3 is 5.97 Å². The second-order valence-electron chi connectivity index (χ2n) is 4.37. The average molecular weight is 225 g/mol. The van der Waals surface area contributed by atoms with Crippen LogP contribution in [-0.2, 0) is 9.59 Å². The number of carboxylic acid groups (broad SMARTS) is 1. The fraction of sp³-hybridized carbons (Fsp3) is 0.636. The molecular formula is C11H15NO4. The Kier molecular flexibility index (Phi) is 2.96. The van der Waals surface area contributed by atoms with Gasteiger partial charge in [0.15, 0.2) is 0 Å². The van der Waals surface area contributed by atoms with Gasteiger partial charge < -0.3 is 15.1 Å². The summed E-state index contributed by atoms with van der Waals surface area (Å²) < 4.78 is 0. The first-order valence-corrected chi connectivity index (χ1v) is 5.46. The zero-order chi connectivity index (χ0) is 11.7. The molecule has 5 heteroatoms. The van der Waals surface area contributed by atoms with E-state index in [1.807, 2.05) is 12.2 Å². The smallest absolute Gasteiger partial charge is 0.326 e. The zero-order valence-corrected chi connectivity index (χ0v) is 8.87. The second-order valence-corrected chi connectivity index (χ2v) is 4.37. The van der Waals surface area contributed by atoms with Crippen LogP contribution < -0.4 is 0 Å². The molecule has 0 saturated carbocycles. The van der Waals surface area contributed by atoms with E-state index in [9.17, 15) is 14.7 Å². The first-order valence-electron chi connectivity index (χ1n) is 5.46. The summed E-state index contributed by atoms with van der Waals surface area (Å²) in [4.78, 5) is 24.3. The fourth-order valence-corrected chi connectivity index (χ4v) is 2.34. The maximum absolute atomic E-state index is 12.0. The van der Waals surface area contributed by atoms with Crippen LogP contribution in [0.1, 0.15) is 19.3 Å². The summed E-state index contributed by atoms with van der Waals surface area (Å²) in [6.45, 7) is 0.145. The molecule has 2 N–H and O–H groups in total. The molecule has 2 atom stereocenters. The van der Waals surface area contributed by atoms with E-state index in [0.29, 0.717) is 12.8 Å². The van der Waals surface area contributed by atoms with E-state index in [1.165, 1.54) is 4.90 Å². The predicted octanol–water partition coefficient (Wildman–Crippen LogP) is -0.00100. The maximum Gasteiger partial charge on any atom is 0.326 e. The molecule has 88 valence electrons. The Hall–Kier alpha value is -1.36. The Morgan fingerprint density at radius 3 is 2.44 bits per heavy atom. The van der Waals surface area contributed by atoms with Gasteiger partial charge in [-0.2, -0.15) is 0 Å². The van der Waals surface area contributed by atoms with E-state index >= 15 is 0 Å². The molecule has 0 unspecified atom stereocenters. The number of carbonyl (C=O) groups excluding carboxylic acids is 1. The Morgan fingerprint density at radius 1 is 1.25 bits per heavy atom. The Morgan fingerprint density at radius 2 is 1.88 bits per heavy atom. The van der Waals surface area contributed by atoms with Crippen LogP contribution in [-0.4, -0.2) is 45.7 Å². The lowest BCUT2D eigenvalue weighted by atomic mass is 10.1. The average Bonchev–Trinajstić information content (AvgIpc) is 2.84. The predicted molar refractivity (Wildman–Crippen MR) is 55.6 cm³/mol. The van der Waals surface area contributed by atoms with E-state index in [4.69, 9.17) is 5.11 Å². The van der Waals surface area contributed by atoms with Gasteiger partial charge in [-0.25, -0.2) is 4.79 Å². The molecule has 0 aromatic carbocycles.